The van der Waals surface area contributed by atoms with Crippen LogP contribution in [0, 0.1) is 0 Å². The van der Waals surface area contributed by atoms with Crippen LogP contribution < -0.4 is 0 Å². The van der Waals surface area contributed by atoms with Gasteiger partial charge in [0.2, 0.25) is 0 Å². The van der Waals surface area contributed by atoms with E-state index < -0.39 is 0 Å². The smallest absolute Gasteiger partial charge is 0.0849 e. The summed E-state index contributed by atoms with van der Waals surface area (Å²) < 4.78 is 17.4. The van der Waals surface area contributed by atoms with Crippen molar-refractivity contribution in [3.63, 3.8) is 0 Å². The molecule has 20 heavy (non-hydrogen) atoms. The van der Waals surface area contributed by atoms with Crippen molar-refractivity contribution in [3.05, 3.63) is 11.9 Å². The van der Waals surface area contributed by atoms with Crippen molar-refractivity contribution in [1.82, 2.24) is 15.0 Å². The molecule has 0 aliphatic heterocycles. The van der Waals surface area contributed by atoms with E-state index in [0.717, 1.165) is 5.69 Å². The first kappa shape index (κ1) is 17.0. The molecule has 1 aromatic rings. The number of ether oxygens (including phenoxy) is 3. The maximum absolute atomic E-state index is 8.76. The highest BCUT2D eigenvalue weighted by molar-refractivity contribution is 4.91. The highest BCUT2D eigenvalue weighted by atomic mass is 16.5. The predicted molar refractivity (Wildman–Crippen MR) is 70.4 cm³/mol. The van der Waals surface area contributed by atoms with Crippen molar-refractivity contribution < 1.29 is 24.4 Å². The molecule has 1 rings (SSSR count). The third-order valence-corrected chi connectivity index (χ3v) is 2.40. The molecule has 116 valence electrons. The number of nitrogens with zero attached hydrogens (tertiary/aromatic N) is 3. The van der Waals surface area contributed by atoms with Gasteiger partial charge in [-0.2, -0.15) is 0 Å². The first-order valence-electron chi connectivity index (χ1n) is 6.70. The van der Waals surface area contributed by atoms with Gasteiger partial charge in [-0.3, -0.25) is 0 Å². The van der Waals surface area contributed by atoms with Crippen LogP contribution in [-0.2, 0) is 27.2 Å². The van der Waals surface area contributed by atoms with Crippen molar-refractivity contribution in [3.8, 4) is 0 Å². The Morgan fingerprint density at radius 2 is 1.55 bits per heavy atom. The molecule has 2 N–H and O–H groups in total. The average Bonchev–Trinajstić information content (AvgIpc) is 2.89. The monoisotopic (exact) mass is 289 g/mol. The van der Waals surface area contributed by atoms with Gasteiger partial charge in [0.1, 0.15) is 0 Å². The van der Waals surface area contributed by atoms with Crippen molar-refractivity contribution in [2.45, 2.75) is 13.0 Å². The van der Waals surface area contributed by atoms with Crippen molar-refractivity contribution >= 4 is 0 Å². The molecule has 0 amide bonds. The van der Waals surface area contributed by atoms with Crippen LogP contribution in [0.3, 0.4) is 0 Å². The summed E-state index contributed by atoms with van der Waals surface area (Å²) in [4.78, 5) is 0. The molecule has 0 aliphatic carbocycles. The van der Waals surface area contributed by atoms with Gasteiger partial charge >= 0.3 is 0 Å². The van der Waals surface area contributed by atoms with E-state index >= 15 is 0 Å². The molecule has 8 heteroatoms. The molecule has 8 nitrogen and oxygen atoms in total. The summed E-state index contributed by atoms with van der Waals surface area (Å²) in [6.07, 6.45) is 2.32. The Balaban J connectivity index is 1.89. The fourth-order valence-electron chi connectivity index (χ4n) is 1.44. The quantitative estimate of drug-likeness (QED) is 0.443. The topological polar surface area (TPSA) is 98.9 Å². The van der Waals surface area contributed by atoms with Crippen LogP contribution in [0.1, 0.15) is 5.69 Å². The summed E-state index contributed by atoms with van der Waals surface area (Å²) in [6.45, 7) is 3.61. The molecule has 0 atom stereocenters. The van der Waals surface area contributed by atoms with Gasteiger partial charge in [0.25, 0.3) is 0 Å². The van der Waals surface area contributed by atoms with Crippen LogP contribution in [-0.4, -0.2) is 78.1 Å². The molecular weight excluding hydrogens is 266 g/mol. The number of aromatic nitrogens is 3. The molecule has 0 spiro atoms. The molecular formula is C12H23N3O5. The van der Waals surface area contributed by atoms with Crippen LogP contribution in [0.4, 0.5) is 0 Å². The Bertz CT molecular complexity index is 335. The number of rotatable bonds is 13. The third kappa shape index (κ3) is 8.18. The zero-order valence-electron chi connectivity index (χ0n) is 11.6. The van der Waals surface area contributed by atoms with Crippen LogP contribution in [0.25, 0.3) is 0 Å². The van der Waals surface area contributed by atoms with Crippen molar-refractivity contribution in [1.29, 1.82) is 0 Å². The minimum Gasteiger partial charge on any atom is -0.396 e. The zero-order chi connectivity index (χ0) is 14.5. The van der Waals surface area contributed by atoms with Crippen molar-refractivity contribution in [2.24, 2.45) is 0 Å². The Kier molecular flexibility index (Phi) is 9.98. The maximum Gasteiger partial charge on any atom is 0.0849 e. The lowest BCUT2D eigenvalue weighted by molar-refractivity contribution is 0.00628. The molecule has 0 aromatic carbocycles. The SMILES string of the molecule is OCCOCCOCCOCCn1cc(CCO)nn1. The van der Waals surface area contributed by atoms with E-state index in [2.05, 4.69) is 10.3 Å². The third-order valence-electron chi connectivity index (χ3n) is 2.40. The standard InChI is InChI=1S/C12H23N3O5/c16-3-1-12-11-15(14-13-12)2-5-18-7-9-20-10-8-19-6-4-17/h11,16-17H,1-10H2. The van der Waals surface area contributed by atoms with Gasteiger partial charge in [-0.05, 0) is 0 Å². The van der Waals surface area contributed by atoms with Crippen LogP contribution in [0.5, 0.6) is 0 Å². The summed E-state index contributed by atoms with van der Waals surface area (Å²) >= 11 is 0. The fraction of sp³-hybridized carbons (Fsp3) is 0.833. The second-order valence-corrected chi connectivity index (χ2v) is 4.01. The Labute approximate surface area is 118 Å². The number of aliphatic hydroxyl groups excluding tert-OH is 2. The second kappa shape index (κ2) is 11.7. The molecule has 0 fully saturated rings. The molecule has 1 heterocycles. The first-order chi connectivity index (χ1) is 9.86. The largest absolute Gasteiger partial charge is 0.396 e. The second-order valence-electron chi connectivity index (χ2n) is 4.01. The van der Waals surface area contributed by atoms with Gasteiger partial charge in [-0.15, -0.1) is 5.10 Å². The van der Waals surface area contributed by atoms with E-state index in [1.807, 2.05) is 0 Å². The van der Waals surface area contributed by atoms with E-state index in [-0.39, 0.29) is 13.2 Å². The lowest BCUT2D eigenvalue weighted by Gasteiger charge is -2.06. The number of hydrogen-bond acceptors (Lipinski definition) is 7. The molecule has 0 unspecified atom stereocenters. The van der Waals surface area contributed by atoms with Gasteiger partial charge in [-0.1, -0.05) is 5.21 Å². The van der Waals surface area contributed by atoms with Crippen LogP contribution in [0.2, 0.25) is 0 Å². The number of hydrogen-bond donors (Lipinski definition) is 2. The Morgan fingerprint density at radius 3 is 2.20 bits per heavy atom. The minimum atomic E-state index is 0.0331. The van der Waals surface area contributed by atoms with E-state index in [9.17, 15) is 0 Å². The van der Waals surface area contributed by atoms with Gasteiger partial charge < -0.3 is 24.4 Å². The average molecular weight is 289 g/mol. The lowest BCUT2D eigenvalue weighted by atomic mass is 10.3. The molecule has 0 saturated carbocycles. The summed E-state index contributed by atoms with van der Waals surface area (Å²) in [7, 11) is 0. The summed E-state index contributed by atoms with van der Waals surface area (Å²) in [6, 6.07) is 0. The predicted octanol–water partition coefficient (Wildman–Crippen LogP) is -1.14. The minimum absolute atomic E-state index is 0.0331. The first-order valence-corrected chi connectivity index (χ1v) is 6.70. The van der Waals surface area contributed by atoms with Crippen LogP contribution >= 0.6 is 0 Å². The zero-order valence-corrected chi connectivity index (χ0v) is 11.6. The molecule has 0 aliphatic rings. The molecule has 0 bridgehead atoms. The summed E-state index contributed by atoms with van der Waals surface area (Å²) in [5, 5.41) is 25.1. The van der Waals surface area contributed by atoms with Gasteiger partial charge in [0.15, 0.2) is 0 Å². The van der Waals surface area contributed by atoms with E-state index in [0.29, 0.717) is 52.6 Å². The van der Waals surface area contributed by atoms with E-state index in [4.69, 9.17) is 24.4 Å². The molecule has 1 aromatic heterocycles. The fourth-order valence-corrected chi connectivity index (χ4v) is 1.44. The summed E-state index contributed by atoms with van der Waals surface area (Å²) in [5.74, 6) is 0. The molecule has 0 radical (unpaired) electrons. The van der Waals surface area contributed by atoms with E-state index in [1.54, 1.807) is 10.9 Å². The normalized spacial score (nSPS) is 11.1. The highest BCUT2D eigenvalue weighted by Gasteiger charge is 1.99. The van der Waals surface area contributed by atoms with Gasteiger partial charge in [0, 0.05) is 19.2 Å². The highest BCUT2D eigenvalue weighted by Crippen LogP contribution is 1.94. The Hall–Kier alpha value is -1.06. The summed E-state index contributed by atoms with van der Waals surface area (Å²) in [5.41, 5.74) is 0.777. The van der Waals surface area contributed by atoms with Crippen molar-refractivity contribution in [2.75, 3.05) is 52.9 Å². The van der Waals surface area contributed by atoms with Crippen LogP contribution in [0.15, 0.2) is 6.20 Å². The van der Waals surface area contributed by atoms with E-state index in [1.165, 1.54) is 0 Å². The van der Waals surface area contributed by atoms with Gasteiger partial charge in [0.05, 0.1) is 58.5 Å². The number of aliphatic hydroxyl groups is 2. The lowest BCUT2D eigenvalue weighted by Crippen LogP contribution is -2.13. The maximum atomic E-state index is 8.76. The van der Waals surface area contributed by atoms with Gasteiger partial charge in [-0.25, -0.2) is 4.68 Å². The Morgan fingerprint density at radius 1 is 0.900 bits per heavy atom. The molecule has 0 saturated heterocycles.